The van der Waals surface area contributed by atoms with Gasteiger partial charge in [0.25, 0.3) is 0 Å². The molecule has 0 spiro atoms. The predicted octanol–water partition coefficient (Wildman–Crippen LogP) is 7.56. The molecule has 2 aliphatic rings. The minimum atomic E-state index is -0.595. The fourth-order valence-electron chi connectivity index (χ4n) is 5.31. The van der Waals surface area contributed by atoms with Crippen molar-refractivity contribution in [3.05, 3.63) is 53.8 Å². The molecule has 0 amide bonds. The number of halogens is 1. The highest BCUT2D eigenvalue weighted by molar-refractivity contribution is 6.61. The molecule has 4 rings (SSSR count). The van der Waals surface area contributed by atoms with Crippen molar-refractivity contribution in [2.75, 3.05) is 19.8 Å². The van der Waals surface area contributed by atoms with Crippen molar-refractivity contribution in [1.82, 2.24) is 0 Å². The average Bonchev–Trinajstić information content (AvgIpc) is 2.97. The highest BCUT2D eigenvalue weighted by Gasteiger charge is 2.41. The van der Waals surface area contributed by atoms with E-state index < -0.39 is 7.12 Å². The van der Waals surface area contributed by atoms with Crippen molar-refractivity contribution in [1.29, 1.82) is 0 Å². The lowest BCUT2D eigenvalue weighted by molar-refractivity contribution is -0.150. The second-order valence-electron chi connectivity index (χ2n) is 10.9. The van der Waals surface area contributed by atoms with Gasteiger partial charge >= 0.3 is 7.12 Å². The number of rotatable bonds is 16. The van der Waals surface area contributed by atoms with Crippen molar-refractivity contribution >= 4 is 12.6 Å². The van der Waals surface area contributed by atoms with Crippen LogP contribution in [0.25, 0.3) is 0 Å². The van der Waals surface area contributed by atoms with Gasteiger partial charge in [-0.15, -0.1) is 0 Å². The molecule has 7 heteroatoms. The molecule has 0 bridgehead atoms. The molecule has 0 unspecified atom stereocenters. The van der Waals surface area contributed by atoms with Crippen LogP contribution in [0.5, 0.6) is 11.5 Å². The number of hydrogen-bond donors (Lipinski definition) is 0. The van der Waals surface area contributed by atoms with Crippen LogP contribution < -0.4 is 14.9 Å². The Kier molecular flexibility index (Phi) is 12.4. The maximum absolute atomic E-state index is 14.7. The molecule has 2 heterocycles. The third-order valence-corrected chi connectivity index (χ3v) is 7.68. The molecule has 2 aliphatic heterocycles. The first-order chi connectivity index (χ1) is 19.2. The van der Waals surface area contributed by atoms with Crippen molar-refractivity contribution < 1.29 is 27.9 Å². The van der Waals surface area contributed by atoms with Gasteiger partial charge < -0.3 is 23.5 Å². The monoisotopic (exact) mass is 540 g/mol. The summed E-state index contributed by atoms with van der Waals surface area (Å²) in [4.78, 5) is 0. The molecular weight excluding hydrogens is 494 g/mol. The summed E-state index contributed by atoms with van der Waals surface area (Å²) in [6.45, 7) is 6.13. The van der Waals surface area contributed by atoms with E-state index in [2.05, 4.69) is 26.0 Å². The SMILES string of the molecule is CCCCCCCCOc1ccc([C@H]2CC[C@@H]3OB(c4ccc(OCCCCCC)c(F)c4)OC[C@H]3O2)cc1. The molecule has 2 fully saturated rings. The van der Waals surface area contributed by atoms with Crippen LogP contribution in [-0.4, -0.2) is 39.1 Å². The van der Waals surface area contributed by atoms with Crippen LogP contribution in [0.3, 0.4) is 0 Å². The number of unbranched alkanes of at least 4 members (excludes halogenated alkanes) is 8. The first-order valence-electron chi connectivity index (χ1n) is 15.3. The third kappa shape index (κ3) is 9.23. The molecule has 2 saturated heterocycles. The van der Waals surface area contributed by atoms with Gasteiger partial charge in [0.15, 0.2) is 11.6 Å². The van der Waals surface area contributed by atoms with Gasteiger partial charge in [-0.1, -0.05) is 83.4 Å². The Bertz CT molecular complexity index is 972. The van der Waals surface area contributed by atoms with E-state index >= 15 is 0 Å². The predicted molar refractivity (Wildman–Crippen MR) is 154 cm³/mol. The third-order valence-electron chi connectivity index (χ3n) is 7.68. The summed E-state index contributed by atoms with van der Waals surface area (Å²) in [5.74, 6) is 0.816. The lowest BCUT2D eigenvalue weighted by atomic mass is 9.76. The van der Waals surface area contributed by atoms with Gasteiger partial charge in [0.1, 0.15) is 11.9 Å². The average molecular weight is 541 g/mol. The van der Waals surface area contributed by atoms with Crippen molar-refractivity contribution in [2.24, 2.45) is 0 Å². The summed E-state index contributed by atoms with van der Waals surface area (Å²) in [5.41, 5.74) is 1.82. The topological polar surface area (TPSA) is 46.2 Å². The number of hydrogen-bond acceptors (Lipinski definition) is 5. The molecule has 0 aliphatic carbocycles. The smallest absolute Gasteiger partial charge is 0.494 e. The highest BCUT2D eigenvalue weighted by Crippen LogP contribution is 2.35. The van der Waals surface area contributed by atoms with E-state index in [1.807, 2.05) is 18.2 Å². The Labute approximate surface area is 234 Å². The molecular formula is C32H46BFO5. The van der Waals surface area contributed by atoms with Crippen molar-refractivity contribution in [3.8, 4) is 11.5 Å². The summed E-state index contributed by atoms with van der Waals surface area (Å²) in [7, 11) is -0.595. The van der Waals surface area contributed by atoms with E-state index in [0.717, 1.165) is 50.0 Å². The van der Waals surface area contributed by atoms with Gasteiger partial charge in [-0.3, -0.25) is 0 Å². The van der Waals surface area contributed by atoms with Gasteiger partial charge in [0.2, 0.25) is 0 Å². The van der Waals surface area contributed by atoms with Crippen LogP contribution in [-0.2, 0) is 14.0 Å². The minimum Gasteiger partial charge on any atom is -0.494 e. The summed E-state index contributed by atoms with van der Waals surface area (Å²) in [6, 6.07) is 13.3. The number of benzene rings is 2. The standard InChI is InChI=1S/C32H46BFO5/c1-3-5-7-9-10-12-21-35-27-16-13-25(14-17-27)29-19-20-31-32(38-29)24-37-33(39-31)26-15-18-30(28(34)23-26)36-22-11-8-6-4-2/h13-18,23,29,31-32H,3-12,19-22,24H2,1-2H3/t29-,31+,32-/m1/s1. The Morgan fingerprint density at radius 2 is 1.49 bits per heavy atom. The van der Waals surface area contributed by atoms with Gasteiger partial charge in [-0.05, 0) is 61.0 Å². The summed E-state index contributed by atoms with van der Waals surface area (Å²) >= 11 is 0. The van der Waals surface area contributed by atoms with Crippen molar-refractivity contribution in [3.63, 3.8) is 0 Å². The first kappa shape index (κ1) is 29.9. The van der Waals surface area contributed by atoms with E-state index in [0.29, 0.717) is 18.7 Å². The molecule has 5 nitrogen and oxygen atoms in total. The van der Waals surface area contributed by atoms with Crippen LogP contribution in [0.1, 0.15) is 103 Å². The lowest BCUT2D eigenvalue weighted by Gasteiger charge is -2.41. The van der Waals surface area contributed by atoms with E-state index in [-0.39, 0.29) is 29.9 Å². The highest BCUT2D eigenvalue weighted by atomic mass is 19.1. The maximum Gasteiger partial charge on any atom is 0.494 e. The first-order valence-corrected chi connectivity index (χ1v) is 15.3. The van der Waals surface area contributed by atoms with E-state index in [9.17, 15) is 4.39 Å². The molecule has 2 aromatic rings. The zero-order chi connectivity index (χ0) is 27.3. The summed E-state index contributed by atoms with van der Waals surface area (Å²) in [5, 5.41) is 0. The van der Waals surface area contributed by atoms with Gasteiger partial charge in [0, 0.05) is 0 Å². The zero-order valence-electron chi connectivity index (χ0n) is 23.9. The van der Waals surface area contributed by atoms with E-state index in [1.165, 1.54) is 51.0 Å². The van der Waals surface area contributed by atoms with Gasteiger partial charge in [-0.25, -0.2) is 4.39 Å². The van der Waals surface area contributed by atoms with Crippen LogP contribution >= 0.6 is 0 Å². The quantitative estimate of drug-likeness (QED) is 0.163. The lowest BCUT2D eigenvalue weighted by Crippen LogP contribution is -2.54. The summed E-state index contributed by atoms with van der Waals surface area (Å²) in [6.07, 6.45) is 13.5. The molecule has 2 aromatic carbocycles. The van der Waals surface area contributed by atoms with Crippen molar-refractivity contribution in [2.45, 2.75) is 109 Å². The molecule has 214 valence electrons. The number of fused-ring (bicyclic) bond motifs is 1. The minimum absolute atomic E-state index is 0.00817. The normalized spacial score (nSPS) is 21.0. The fraction of sp³-hybridized carbons (Fsp3) is 0.625. The Balaban J connectivity index is 1.20. The zero-order valence-corrected chi connectivity index (χ0v) is 23.9. The van der Waals surface area contributed by atoms with Crippen LogP contribution in [0.4, 0.5) is 4.39 Å². The summed E-state index contributed by atoms with van der Waals surface area (Å²) < 4.78 is 44.8. The van der Waals surface area contributed by atoms with Crippen LogP contribution in [0, 0.1) is 5.82 Å². The van der Waals surface area contributed by atoms with Crippen LogP contribution in [0.15, 0.2) is 42.5 Å². The molecule has 3 atom stereocenters. The second-order valence-corrected chi connectivity index (χ2v) is 10.9. The molecule has 0 radical (unpaired) electrons. The molecule has 0 N–H and O–H groups in total. The molecule has 0 aromatic heterocycles. The second kappa shape index (κ2) is 16.2. The van der Waals surface area contributed by atoms with Crippen LogP contribution in [0.2, 0.25) is 0 Å². The van der Waals surface area contributed by atoms with E-state index in [4.69, 9.17) is 23.5 Å². The van der Waals surface area contributed by atoms with Gasteiger partial charge in [0.05, 0.1) is 32.0 Å². The fourth-order valence-corrected chi connectivity index (χ4v) is 5.31. The van der Waals surface area contributed by atoms with Gasteiger partial charge in [-0.2, -0.15) is 0 Å². The Morgan fingerprint density at radius 1 is 0.795 bits per heavy atom. The maximum atomic E-state index is 14.7. The molecule has 39 heavy (non-hydrogen) atoms. The largest absolute Gasteiger partial charge is 0.494 e. The Hall–Kier alpha value is -2.09. The Morgan fingerprint density at radius 3 is 2.23 bits per heavy atom. The van der Waals surface area contributed by atoms with E-state index in [1.54, 1.807) is 6.07 Å². The molecule has 0 saturated carbocycles. The number of ether oxygens (including phenoxy) is 3.